The Labute approximate surface area is 199 Å². The van der Waals surface area contributed by atoms with Gasteiger partial charge in [-0.15, -0.1) is 5.10 Å². The predicted octanol–water partition coefficient (Wildman–Crippen LogP) is 4.24. The maximum Gasteiger partial charge on any atom is 0.414 e. The average molecular weight is 485 g/mol. The molecule has 10 heteroatoms. The second kappa shape index (κ2) is 12.0. The van der Waals surface area contributed by atoms with Crippen molar-refractivity contribution >= 4 is 11.6 Å². The van der Waals surface area contributed by atoms with Gasteiger partial charge in [0.2, 0.25) is 5.89 Å². The van der Waals surface area contributed by atoms with Gasteiger partial charge in [0.1, 0.15) is 24.4 Å². The SMILES string of the molecule is CCCCCOc1nnc(C2NC[C@](C)(NC(O)COc3ccc(Cl)c(F)c3)CC[C@@H]2C)o1. The van der Waals surface area contributed by atoms with Crippen LogP contribution in [0.15, 0.2) is 22.6 Å². The highest BCUT2D eigenvalue weighted by Gasteiger charge is 2.36. The zero-order chi connectivity index (χ0) is 23.8. The Morgan fingerprint density at radius 3 is 2.94 bits per heavy atom. The van der Waals surface area contributed by atoms with Gasteiger partial charge >= 0.3 is 6.08 Å². The van der Waals surface area contributed by atoms with E-state index in [-0.39, 0.29) is 29.7 Å². The van der Waals surface area contributed by atoms with Crippen molar-refractivity contribution in [2.75, 3.05) is 19.8 Å². The molecule has 2 heterocycles. The number of aliphatic hydroxyl groups is 1. The quantitative estimate of drug-likeness (QED) is 0.321. The summed E-state index contributed by atoms with van der Waals surface area (Å²) in [5.41, 5.74) is -0.392. The van der Waals surface area contributed by atoms with Gasteiger partial charge in [-0.05, 0) is 44.2 Å². The number of nitrogens with one attached hydrogen (secondary N) is 2. The van der Waals surface area contributed by atoms with Gasteiger partial charge in [0.15, 0.2) is 0 Å². The van der Waals surface area contributed by atoms with E-state index in [1.54, 1.807) is 6.07 Å². The van der Waals surface area contributed by atoms with Crippen molar-refractivity contribution in [2.24, 2.45) is 5.92 Å². The molecule has 0 amide bonds. The summed E-state index contributed by atoms with van der Waals surface area (Å²) in [6.45, 7) is 7.41. The molecule has 1 aliphatic heterocycles. The van der Waals surface area contributed by atoms with E-state index < -0.39 is 17.6 Å². The first kappa shape index (κ1) is 25.7. The first-order valence-corrected chi connectivity index (χ1v) is 11.9. The minimum Gasteiger partial charge on any atom is -0.489 e. The fourth-order valence-corrected chi connectivity index (χ4v) is 4.01. The lowest BCUT2D eigenvalue weighted by Crippen LogP contribution is -2.55. The van der Waals surface area contributed by atoms with Crippen molar-refractivity contribution in [3.05, 3.63) is 34.9 Å². The molecule has 0 aliphatic carbocycles. The number of unbranched alkanes of at least 4 members (excludes halogenated alkanes) is 2. The van der Waals surface area contributed by atoms with Crippen LogP contribution in [0, 0.1) is 11.7 Å². The Morgan fingerprint density at radius 1 is 1.36 bits per heavy atom. The van der Waals surface area contributed by atoms with Crippen LogP contribution < -0.4 is 20.1 Å². The normalized spacial score (nSPS) is 24.3. The topological polar surface area (TPSA) is 102 Å². The molecule has 3 rings (SSSR count). The van der Waals surface area contributed by atoms with Gasteiger partial charge in [0, 0.05) is 18.2 Å². The number of aliphatic hydroxyl groups excluding tert-OH is 1. The third kappa shape index (κ3) is 7.53. The monoisotopic (exact) mass is 484 g/mol. The molecular weight excluding hydrogens is 451 g/mol. The van der Waals surface area contributed by atoms with E-state index >= 15 is 0 Å². The molecule has 1 fully saturated rings. The highest BCUT2D eigenvalue weighted by molar-refractivity contribution is 6.30. The minimum atomic E-state index is -0.936. The second-order valence-electron chi connectivity index (χ2n) is 8.94. The van der Waals surface area contributed by atoms with Gasteiger partial charge in [-0.2, -0.15) is 0 Å². The van der Waals surface area contributed by atoms with Gasteiger partial charge in [0.25, 0.3) is 0 Å². The highest BCUT2D eigenvalue weighted by atomic mass is 35.5. The number of hydrogen-bond donors (Lipinski definition) is 3. The van der Waals surface area contributed by atoms with E-state index in [0.717, 1.165) is 32.1 Å². The van der Waals surface area contributed by atoms with Crippen LogP contribution in [-0.2, 0) is 0 Å². The van der Waals surface area contributed by atoms with Crippen LogP contribution in [0.25, 0.3) is 0 Å². The lowest BCUT2D eigenvalue weighted by Gasteiger charge is -2.32. The number of nitrogens with zero attached hydrogens (tertiary/aromatic N) is 2. The van der Waals surface area contributed by atoms with Gasteiger partial charge in [-0.3, -0.25) is 5.32 Å². The summed E-state index contributed by atoms with van der Waals surface area (Å²) in [5, 5.41) is 25.4. The van der Waals surface area contributed by atoms with E-state index in [2.05, 4.69) is 34.7 Å². The lowest BCUT2D eigenvalue weighted by atomic mass is 9.91. The first-order chi connectivity index (χ1) is 15.8. The van der Waals surface area contributed by atoms with Crippen LogP contribution in [0.2, 0.25) is 5.02 Å². The molecule has 1 aliphatic rings. The molecule has 4 atom stereocenters. The van der Waals surface area contributed by atoms with Gasteiger partial charge in [0.05, 0.1) is 17.7 Å². The van der Waals surface area contributed by atoms with E-state index in [1.807, 2.05) is 6.92 Å². The molecule has 0 radical (unpaired) electrons. The number of rotatable bonds is 11. The molecule has 3 N–H and O–H groups in total. The van der Waals surface area contributed by atoms with Crippen molar-refractivity contribution in [3.63, 3.8) is 0 Å². The summed E-state index contributed by atoms with van der Waals surface area (Å²) in [6.07, 6.45) is 4.14. The fourth-order valence-electron chi connectivity index (χ4n) is 3.89. The molecule has 1 aromatic carbocycles. The maximum absolute atomic E-state index is 13.6. The van der Waals surface area contributed by atoms with Crippen molar-refractivity contribution in [1.29, 1.82) is 0 Å². The fraction of sp³-hybridized carbons (Fsp3) is 0.652. The van der Waals surface area contributed by atoms with E-state index in [9.17, 15) is 9.50 Å². The third-order valence-corrected chi connectivity index (χ3v) is 6.21. The summed E-state index contributed by atoms with van der Waals surface area (Å²) in [4.78, 5) is 0. The Balaban J connectivity index is 1.51. The smallest absolute Gasteiger partial charge is 0.414 e. The summed E-state index contributed by atoms with van der Waals surface area (Å²) in [7, 11) is 0. The van der Waals surface area contributed by atoms with Crippen molar-refractivity contribution in [1.82, 2.24) is 20.8 Å². The number of hydrogen-bond acceptors (Lipinski definition) is 8. The number of benzene rings is 1. The molecule has 8 nitrogen and oxygen atoms in total. The van der Waals surface area contributed by atoms with E-state index in [0.29, 0.717) is 24.8 Å². The van der Waals surface area contributed by atoms with Crippen molar-refractivity contribution < 1.29 is 23.4 Å². The third-order valence-electron chi connectivity index (χ3n) is 5.91. The molecule has 2 unspecified atom stereocenters. The lowest BCUT2D eigenvalue weighted by molar-refractivity contribution is 0.0482. The second-order valence-corrected chi connectivity index (χ2v) is 9.35. The number of aromatic nitrogens is 2. The molecule has 1 saturated heterocycles. The van der Waals surface area contributed by atoms with Gasteiger partial charge in [-0.25, -0.2) is 4.39 Å². The van der Waals surface area contributed by atoms with Crippen LogP contribution in [0.3, 0.4) is 0 Å². The van der Waals surface area contributed by atoms with E-state index in [1.165, 1.54) is 12.1 Å². The van der Waals surface area contributed by atoms with Crippen molar-refractivity contribution in [3.8, 4) is 11.8 Å². The largest absolute Gasteiger partial charge is 0.489 e. The standard InChI is InChI=1S/C23H34ClFN4O4/c1-4-5-6-11-31-22-29-28-21(33-22)20-15(2)9-10-23(3,14-26-20)27-19(30)13-32-16-7-8-17(24)18(25)12-16/h7-8,12,15,19-20,26-27,30H,4-6,9-11,13-14H2,1-3H3/t15-,19?,20?,23+/m0/s1. The molecule has 2 aromatic rings. The Morgan fingerprint density at radius 2 is 2.18 bits per heavy atom. The number of halogens is 2. The molecular formula is C23H34ClFN4O4. The van der Waals surface area contributed by atoms with Crippen molar-refractivity contribution in [2.45, 2.75) is 70.7 Å². The van der Waals surface area contributed by atoms with Gasteiger partial charge in [-0.1, -0.05) is 43.4 Å². The summed E-state index contributed by atoms with van der Waals surface area (Å²) >= 11 is 5.69. The minimum absolute atomic E-state index is 0.0261. The van der Waals surface area contributed by atoms with Crippen LogP contribution in [0.5, 0.6) is 11.8 Å². The summed E-state index contributed by atoms with van der Waals surface area (Å²) in [6, 6.07) is 4.07. The average Bonchev–Trinajstić information content (AvgIpc) is 3.19. The Hall–Kier alpha value is -1.94. The maximum atomic E-state index is 13.6. The molecule has 33 heavy (non-hydrogen) atoms. The molecule has 0 spiro atoms. The predicted molar refractivity (Wildman–Crippen MR) is 123 cm³/mol. The molecule has 0 bridgehead atoms. The van der Waals surface area contributed by atoms with Crippen LogP contribution in [0.4, 0.5) is 4.39 Å². The van der Waals surface area contributed by atoms with Crippen LogP contribution in [-0.4, -0.2) is 46.8 Å². The highest BCUT2D eigenvalue weighted by Crippen LogP contribution is 2.32. The zero-order valence-electron chi connectivity index (χ0n) is 19.4. The molecule has 1 aromatic heterocycles. The molecule has 0 saturated carbocycles. The first-order valence-electron chi connectivity index (χ1n) is 11.5. The van der Waals surface area contributed by atoms with E-state index in [4.69, 9.17) is 25.5 Å². The molecule has 184 valence electrons. The zero-order valence-corrected chi connectivity index (χ0v) is 20.2. The summed E-state index contributed by atoms with van der Waals surface area (Å²) < 4.78 is 30.4. The summed E-state index contributed by atoms with van der Waals surface area (Å²) in [5.74, 6) is 0.491. The van der Waals surface area contributed by atoms with Gasteiger partial charge < -0.3 is 24.3 Å². The van der Waals surface area contributed by atoms with Crippen LogP contribution >= 0.6 is 11.6 Å². The number of ether oxygens (including phenoxy) is 2. The van der Waals surface area contributed by atoms with Crippen LogP contribution in [0.1, 0.15) is 64.8 Å². The Kier molecular flexibility index (Phi) is 9.31. The Bertz CT molecular complexity index is 886.